The Kier molecular flexibility index (Phi) is 11.6. The summed E-state index contributed by atoms with van der Waals surface area (Å²) in [6, 6.07) is 0. The fraction of sp³-hybridized carbons (Fsp3) is 1.00. The Morgan fingerprint density at radius 3 is 1.31 bits per heavy atom. The quantitative estimate of drug-likeness (QED) is 0.482. The van der Waals surface area contributed by atoms with Gasteiger partial charge < -0.3 is 20.0 Å². The monoisotopic (exact) mass is 298 g/mol. The third kappa shape index (κ3) is 8.69. The smallest absolute Gasteiger partial charge is 0.660 e. The number of hydrogen-bond acceptors (Lipinski definition) is 3. The Morgan fingerprint density at radius 1 is 0.625 bits per heavy atom. The van der Waals surface area contributed by atoms with Gasteiger partial charge in [0.1, 0.15) is 0 Å². The third-order valence-corrected chi connectivity index (χ3v) is 3.01. The molecule has 0 aliphatic carbocycles. The summed E-state index contributed by atoms with van der Waals surface area (Å²) in [4.78, 5) is 7.14. The minimum atomic E-state index is 0. The second-order valence-corrected chi connectivity index (χ2v) is 4.58. The topological polar surface area (TPSA) is 23.8 Å². The first kappa shape index (κ1) is 17.6. The van der Waals surface area contributed by atoms with Gasteiger partial charge in [0.2, 0.25) is 0 Å². The predicted molar refractivity (Wildman–Crippen MR) is 65.6 cm³/mol. The van der Waals surface area contributed by atoms with Crippen LogP contribution in [0.15, 0.2) is 0 Å². The molecule has 1 heterocycles. The molecule has 0 aromatic carbocycles. The predicted octanol–water partition coefficient (Wildman–Crippen LogP) is -2.83. The maximum atomic E-state index is 4.53. The molecular weight excluding hydrogens is 274 g/mol. The van der Waals surface area contributed by atoms with Crippen LogP contribution < -0.4 is 58.2 Å². The van der Waals surface area contributed by atoms with E-state index in [4.69, 9.17) is 0 Å². The van der Waals surface area contributed by atoms with E-state index < -0.39 is 0 Å². The zero-order chi connectivity index (χ0) is 11.1. The van der Waals surface area contributed by atoms with Crippen molar-refractivity contribution < 1.29 is 58.2 Å². The minimum Gasteiger partial charge on any atom is -0.660 e. The van der Waals surface area contributed by atoms with Crippen LogP contribution in [0.2, 0.25) is 0 Å². The Hall–Kier alpha value is 1.65. The van der Waals surface area contributed by atoms with Crippen molar-refractivity contribution in [3.05, 3.63) is 5.32 Å². The van der Waals surface area contributed by atoms with E-state index in [1.54, 1.807) is 0 Å². The van der Waals surface area contributed by atoms with Gasteiger partial charge in [0, 0.05) is 26.2 Å². The fourth-order valence-corrected chi connectivity index (χ4v) is 1.61. The largest absolute Gasteiger partial charge is 1.00 e. The van der Waals surface area contributed by atoms with Crippen LogP contribution in [0.25, 0.3) is 5.32 Å². The van der Waals surface area contributed by atoms with Crippen LogP contribution >= 0.6 is 0 Å². The molecule has 0 saturated carbocycles. The Balaban J connectivity index is 0.00000225. The first-order valence-corrected chi connectivity index (χ1v) is 5.87. The average molecular weight is 299 g/mol. The third-order valence-electron chi connectivity index (χ3n) is 3.01. The summed E-state index contributed by atoms with van der Waals surface area (Å²) in [5, 5.41) is 4.53. The molecule has 0 bridgehead atoms. The molecule has 0 radical (unpaired) electrons. The molecule has 5 heteroatoms. The first-order valence-electron chi connectivity index (χ1n) is 5.87. The van der Waals surface area contributed by atoms with Crippen LogP contribution in [0.1, 0.15) is 0 Å². The molecule has 1 rings (SSSR count). The molecule has 1 aliphatic heterocycles. The van der Waals surface area contributed by atoms with Gasteiger partial charge in [0.25, 0.3) is 0 Å². The van der Waals surface area contributed by atoms with E-state index >= 15 is 0 Å². The summed E-state index contributed by atoms with van der Waals surface area (Å²) >= 11 is 0. The van der Waals surface area contributed by atoms with Crippen LogP contribution in [-0.4, -0.2) is 88.2 Å². The van der Waals surface area contributed by atoms with Crippen LogP contribution in [0.5, 0.6) is 0 Å². The SMILES string of the molecule is CN1CC[N-]CCN(C)CCN(C)CC1.[Rb+]. The molecule has 0 spiro atoms. The van der Waals surface area contributed by atoms with Crippen molar-refractivity contribution in [2.75, 3.05) is 73.5 Å². The minimum absolute atomic E-state index is 0. The molecule has 1 fully saturated rings. The van der Waals surface area contributed by atoms with E-state index in [0.717, 1.165) is 52.4 Å². The molecule has 0 atom stereocenters. The number of nitrogens with zero attached hydrogens (tertiary/aromatic N) is 4. The second kappa shape index (κ2) is 10.6. The summed E-state index contributed by atoms with van der Waals surface area (Å²) in [5.41, 5.74) is 0. The molecule has 0 aromatic rings. The molecule has 0 unspecified atom stereocenters. The molecule has 0 N–H and O–H groups in total. The Morgan fingerprint density at radius 2 is 0.938 bits per heavy atom. The van der Waals surface area contributed by atoms with Crippen molar-refractivity contribution in [2.24, 2.45) is 0 Å². The second-order valence-electron chi connectivity index (χ2n) is 4.58. The number of likely N-dealkylation sites (N-methyl/N-ethyl adjacent to an activating group) is 3. The summed E-state index contributed by atoms with van der Waals surface area (Å²) in [5.74, 6) is 0. The molecule has 16 heavy (non-hydrogen) atoms. The molecule has 4 nitrogen and oxygen atoms in total. The molecule has 0 amide bonds. The van der Waals surface area contributed by atoms with Crippen LogP contribution in [-0.2, 0) is 0 Å². The van der Waals surface area contributed by atoms with Gasteiger partial charge in [-0.05, 0) is 34.2 Å². The molecule has 1 saturated heterocycles. The van der Waals surface area contributed by atoms with Crippen molar-refractivity contribution in [3.8, 4) is 0 Å². The van der Waals surface area contributed by atoms with Gasteiger partial charge >= 0.3 is 58.2 Å². The van der Waals surface area contributed by atoms with Gasteiger partial charge in [-0.1, -0.05) is 0 Å². The van der Waals surface area contributed by atoms with Crippen molar-refractivity contribution in [1.82, 2.24) is 14.7 Å². The van der Waals surface area contributed by atoms with Gasteiger partial charge in [-0.15, -0.1) is 13.1 Å². The van der Waals surface area contributed by atoms with Crippen molar-refractivity contribution in [2.45, 2.75) is 0 Å². The van der Waals surface area contributed by atoms with E-state index in [0.29, 0.717) is 0 Å². The summed E-state index contributed by atoms with van der Waals surface area (Å²) in [6.07, 6.45) is 0. The fourth-order valence-electron chi connectivity index (χ4n) is 1.61. The number of rotatable bonds is 0. The zero-order valence-corrected chi connectivity index (χ0v) is 16.4. The summed E-state index contributed by atoms with van der Waals surface area (Å²) in [6.45, 7) is 8.76. The standard InChI is InChI=1S/C11H25N4.Rb/c1-13-6-4-12-5-7-14(2)9-11-15(3)10-8-13;/h4-11H2,1-3H3;/q-1;+1. The summed E-state index contributed by atoms with van der Waals surface area (Å²) in [7, 11) is 6.57. The van der Waals surface area contributed by atoms with Gasteiger partial charge in [0.05, 0.1) is 0 Å². The maximum absolute atomic E-state index is 4.53. The van der Waals surface area contributed by atoms with Crippen molar-refractivity contribution in [1.29, 1.82) is 0 Å². The molecular formula is C11H25N4Rb. The van der Waals surface area contributed by atoms with E-state index in [-0.39, 0.29) is 58.2 Å². The Labute approximate surface area is 150 Å². The van der Waals surface area contributed by atoms with E-state index in [1.165, 1.54) is 0 Å². The van der Waals surface area contributed by atoms with Crippen molar-refractivity contribution >= 4 is 0 Å². The molecule has 1 aliphatic rings. The van der Waals surface area contributed by atoms with Gasteiger partial charge in [0.15, 0.2) is 0 Å². The van der Waals surface area contributed by atoms with Gasteiger partial charge in [-0.3, -0.25) is 0 Å². The van der Waals surface area contributed by atoms with Crippen LogP contribution in [0.4, 0.5) is 0 Å². The normalized spacial score (nSPS) is 24.2. The van der Waals surface area contributed by atoms with E-state index in [2.05, 4.69) is 41.2 Å². The maximum Gasteiger partial charge on any atom is 1.00 e. The first-order chi connectivity index (χ1) is 7.18. The van der Waals surface area contributed by atoms with Gasteiger partial charge in [-0.2, -0.15) is 0 Å². The molecule has 0 aromatic heterocycles. The van der Waals surface area contributed by atoms with Gasteiger partial charge in [-0.25, -0.2) is 0 Å². The zero-order valence-electron chi connectivity index (χ0n) is 11.4. The van der Waals surface area contributed by atoms with Crippen LogP contribution in [0, 0.1) is 0 Å². The van der Waals surface area contributed by atoms with Crippen LogP contribution in [0.3, 0.4) is 0 Å². The van der Waals surface area contributed by atoms with E-state index in [9.17, 15) is 0 Å². The van der Waals surface area contributed by atoms with E-state index in [1.807, 2.05) is 0 Å². The van der Waals surface area contributed by atoms with Crippen molar-refractivity contribution in [3.63, 3.8) is 0 Å². The molecule has 90 valence electrons. The Bertz CT molecular complexity index is 152. The average Bonchev–Trinajstić information content (AvgIpc) is 2.21. The number of hydrogen-bond donors (Lipinski definition) is 0. The summed E-state index contributed by atoms with van der Waals surface area (Å²) < 4.78 is 0.